The molecule has 172 valence electrons. The summed E-state index contributed by atoms with van der Waals surface area (Å²) >= 11 is 0. The number of nitrogens with one attached hydrogen (secondary N) is 1. The molecule has 2 aliphatic carbocycles. The van der Waals surface area contributed by atoms with E-state index < -0.39 is 6.10 Å². The number of rotatable bonds is 6. The molecular formula is C26H34N2O4. The highest BCUT2D eigenvalue weighted by Gasteiger charge is 2.37. The molecule has 6 heteroatoms. The van der Waals surface area contributed by atoms with Gasteiger partial charge < -0.3 is 24.8 Å². The molecule has 2 aromatic carbocycles. The molecule has 6 nitrogen and oxygen atoms in total. The van der Waals surface area contributed by atoms with Gasteiger partial charge in [0.25, 0.3) is 0 Å². The summed E-state index contributed by atoms with van der Waals surface area (Å²) in [5.74, 6) is 1.52. The molecule has 2 N–H and O–H groups in total. The summed E-state index contributed by atoms with van der Waals surface area (Å²) in [4.78, 5) is 15.3. The number of hydrogen-bond donors (Lipinski definition) is 2. The van der Waals surface area contributed by atoms with Gasteiger partial charge in [-0.3, -0.25) is 0 Å². The number of fused-ring (bicyclic) bond motifs is 1. The third-order valence-electron chi connectivity index (χ3n) is 6.85. The van der Waals surface area contributed by atoms with Crippen LogP contribution in [0.4, 0.5) is 4.79 Å². The number of nitrogens with zero attached hydrogens (tertiary/aromatic N) is 1. The van der Waals surface area contributed by atoms with Crippen molar-refractivity contribution in [1.29, 1.82) is 0 Å². The van der Waals surface area contributed by atoms with Gasteiger partial charge in [0, 0.05) is 30.1 Å². The maximum absolute atomic E-state index is 13.5. The Morgan fingerprint density at radius 2 is 1.59 bits per heavy atom. The molecule has 0 spiro atoms. The number of aliphatic hydroxyl groups excluding tert-OH is 1. The number of hydrogen-bond acceptors (Lipinski definition) is 4. The summed E-state index contributed by atoms with van der Waals surface area (Å²) in [6.07, 6.45) is 5.83. The zero-order valence-corrected chi connectivity index (χ0v) is 19.0. The lowest BCUT2D eigenvalue weighted by Gasteiger charge is -2.40. The number of ether oxygens (including phenoxy) is 2. The minimum Gasteiger partial charge on any atom is -0.496 e. The molecule has 2 atom stereocenters. The van der Waals surface area contributed by atoms with Crippen LogP contribution in [0.2, 0.25) is 0 Å². The van der Waals surface area contributed by atoms with E-state index in [0.717, 1.165) is 53.9 Å². The third-order valence-corrected chi connectivity index (χ3v) is 6.85. The van der Waals surface area contributed by atoms with Gasteiger partial charge in [-0.25, -0.2) is 4.79 Å². The predicted octanol–water partition coefficient (Wildman–Crippen LogP) is 4.08. The quantitative estimate of drug-likeness (QED) is 0.713. The lowest BCUT2D eigenvalue weighted by Crippen LogP contribution is -2.55. The number of aliphatic hydroxyl groups is 1. The van der Waals surface area contributed by atoms with Crippen molar-refractivity contribution in [3.8, 4) is 11.5 Å². The number of benzene rings is 2. The number of carbonyl (C=O) groups is 1. The maximum Gasteiger partial charge on any atom is 0.318 e. The second-order valence-corrected chi connectivity index (χ2v) is 8.87. The summed E-state index contributed by atoms with van der Waals surface area (Å²) in [6, 6.07) is 13.5. The van der Waals surface area contributed by atoms with Gasteiger partial charge in [-0.05, 0) is 37.0 Å². The van der Waals surface area contributed by atoms with Crippen LogP contribution >= 0.6 is 0 Å². The maximum atomic E-state index is 13.5. The molecule has 0 radical (unpaired) electrons. The average Bonchev–Trinajstić information content (AvgIpc) is 2.83. The largest absolute Gasteiger partial charge is 0.496 e. The molecular weight excluding hydrogens is 404 g/mol. The summed E-state index contributed by atoms with van der Waals surface area (Å²) < 4.78 is 11.2. The molecule has 2 aliphatic rings. The van der Waals surface area contributed by atoms with Crippen LogP contribution in [-0.2, 0) is 19.4 Å². The zero-order chi connectivity index (χ0) is 22.5. The Hall–Kier alpha value is -2.73. The van der Waals surface area contributed by atoms with Crippen molar-refractivity contribution in [3.05, 3.63) is 59.2 Å². The Balaban J connectivity index is 1.63. The van der Waals surface area contributed by atoms with Crippen LogP contribution < -0.4 is 14.8 Å². The topological polar surface area (TPSA) is 71.0 Å². The van der Waals surface area contributed by atoms with Crippen molar-refractivity contribution >= 4 is 6.03 Å². The van der Waals surface area contributed by atoms with Crippen LogP contribution in [0.25, 0.3) is 0 Å². The van der Waals surface area contributed by atoms with Crippen LogP contribution in [0.1, 0.15) is 48.8 Å². The van der Waals surface area contributed by atoms with Crippen molar-refractivity contribution in [2.75, 3.05) is 14.2 Å². The Morgan fingerprint density at radius 3 is 2.22 bits per heavy atom. The highest BCUT2D eigenvalue weighted by Crippen LogP contribution is 2.38. The third kappa shape index (κ3) is 4.85. The standard InChI is InChI=1S/C26H34N2O4/c1-31-24-13-14-25(32-2)21-16-23(29)22(15-20(21)24)28(17-18-9-5-3-6-10-18)26(30)27-19-11-7-4-8-12-19/h3,5-6,9-10,13-14,19,22-23,29H,4,7-8,11-12,15-17H2,1-2H3,(H,27,30). The van der Waals surface area contributed by atoms with E-state index in [0.29, 0.717) is 19.4 Å². The molecule has 4 rings (SSSR count). The predicted molar refractivity (Wildman–Crippen MR) is 124 cm³/mol. The summed E-state index contributed by atoms with van der Waals surface area (Å²) in [6.45, 7) is 0.447. The van der Waals surface area contributed by atoms with Gasteiger partial charge >= 0.3 is 6.03 Å². The minimum atomic E-state index is -0.690. The molecule has 0 bridgehead atoms. The summed E-state index contributed by atoms with van der Waals surface area (Å²) in [7, 11) is 3.29. The Bertz CT molecular complexity index is 912. The molecule has 0 aromatic heterocycles. The first-order valence-corrected chi connectivity index (χ1v) is 11.6. The van der Waals surface area contributed by atoms with Crippen LogP contribution in [-0.4, -0.2) is 48.4 Å². The average molecular weight is 439 g/mol. The van der Waals surface area contributed by atoms with E-state index in [-0.39, 0.29) is 18.1 Å². The number of amides is 2. The van der Waals surface area contributed by atoms with E-state index in [2.05, 4.69) is 5.32 Å². The second kappa shape index (κ2) is 10.3. The molecule has 0 heterocycles. The first-order valence-electron chi connectivity index (χ1n) is 11.6. The van der Waals surface area contributed by atoms with Gasteiger partial charge in [-0.15, -0.1) is 0 Å². The normalized spacial score (nSPS) is 20.8. The van der Waals surface area contributed by atoms with E-state index in [1.807, 2.05) is 47.4 Å². The van der Waals surface area contributed by atoms with E-state index >= 15 is 0 Å². The van der Waals surface area contributed by atoms with Crippen molar-refractivity contribution in [3.63, 3.8) is 0 Å². The molecule has 0 saturated heterocycles. The molecule has 0 aliphatic heterocycles. The van der Waals surface area contributed by atoms with Gasteiger partial charge in [0.2, 0.25) is 0 Å². The lowest BCUT2D eigenvalue weighted by atomic mass is 9.84. The van der Waals surface area contributed by atoms with Crippen LogP contribution in [0, 0.1) is 0 Å². The Labute approximate surface area is 190 Å². The van der Waals surface area contributed by atoms with Gasteiger partial charge in [0.15, 0.2) is 0 Å². The molecule has 2 unspecified atom stereocenters. The van der Waals surface area contributed by atoms with Crippen LogP contribution in [0.5, 0.6) is 11.5 Å². The molecule has 2 aromatic rings. The van der Waals surface area contributed by atoms with E-state index in [1.54, 1.807) is 14.2 Å². The molecule has 1 fully saturated rings. The number of methoxy groups -OCH3 is 2. The van der Waals surface area contributed by atoms with Crippen molar-refractivity contribution < 1.29 is 19.4 Å². The minimum absolute atomic E-state index is 0.102. The fourth-order valence-corrected chi connectivity index (χ4v) is 5.11. The monoisotopic (exact) mass is 438 g/mol. The van der Waals surface area contributed by atoms with Crippen molar-refractivity contribution in [1.82, 2.24) is 10.2 Å². The van der Waals surface area contributed by atoms with Crippen LogP contribution in [0.3, 0.4) is 0 Å². The van der Waals surface area contributed by atoms with Crippen LogP contribution in [0.15, 0.2) is 42.5 Å². The fourth-order valence-electron chi connectivity index (χ4n) is 5.11. The molecule has 1 saturated carbocycles. The molecule has 32 heavy (non-hydrogen) atoms. The highest BCUT2D eigenvalue weighted by atomic mass is 16.5. The second-order valence-electron chi connectivity index (χ2n) is 8.87. The van der Waals surface area contributed by atoms with E-state index in [4.69, 9.17) is 9.47 Å². The lowest BCUT2D eigenvalue weighted by molar-refractivity contribution is 0.0535. The highest BCUT2D eigenvalue weighted by molar-refractivity contribution is 5.75. The molecule has 2 amide bonds. The van der Waals surface area contributed by atoms with Gasteiger partial charge in [-0.1, -0.05) is 49.6 Å². The van der Waals surface area contributed by atoms with Gasteiger partial charge in [0.05, 0.1) is 26.4 Å². The van der Waals surface area contributed by atoms with Gasteiger partial charge in [0.1, 0.15) is 11.5 Å². The summed E-state index contributed by atoms with van der Waals surface area (Å²) in [5, 5.41) is 14.4. The number of carbonyl (C=O) groups excluding carboxylic acids is 1. The van der Waals surface area contributed by atoms with Crippen molar-refractivity contribution in [2.45, 2.75) is 69.7 Å². The van der Waals surface area contributed by atoms with E-state index in [9.17, 15) is 9.90 Å². The zero-order valence-electron chi connectivity index (χ0n) is 19.0. The first kappa shape index (κ1) is 22.5. The Morgan fingerprint density at radius 1 is 0.969 bits per heavy atom. The van der Waals surface area contributed by atoms with E-state index in [1.165, 1.54) is 6.42 Å². The summed E-state index contributed by atoms with van der Waals surface area (Å²) in [5.41, 5.74) is 3.01. The Kier molecular flexibility index (Phi) is 7.20. The first-order chi connectivity index (χ1) is 15.6. The fraction of sp³-hybridized carbons (Fsp3) is 0.500. The smallest absolute Gasteiger partial charge is 0.318 e. The van der Waals surface area contributed by atoms with Crippen molar-refractivity contribution in [2.24, 2.45) is 0 Å². The SMILES string of the molecule is COc1ccc(OC)c2c1CC(O)C(N(Cc1ccccc1)C(=O)NC1CCCCC1)C2. The number of urea groups is 1. The van der Waals surface area contributed by atoms with Gasteiger partial charge in [-0.2, -0.15) is 0 Å².